The van der Waals surface area contributed by atoms with Gasteiger partial charge in [0.15, 0.2) is 0 Å². The van der Waals surface area contributed by atoms with Crippen LogP contribution in [-0.4, -0.2) is 48.6 Å². The second-order valence-electron chi connectivity index (χ2n) is 6.64. The number of ether oxygens (including phenoxy) is 2. The lowest BCUT2D eigenvalue weighted by atomic mass is 9.98. The summed E-state index contributed by atoms with van der Waals surface area (Å²) in [4.78, 5) is 12.7. The number of carbonyl (C=O) groups excluding carboxylic acids is 1. The Kier molecular flexibility index (Phi) is 4.29. The Labute approximate surface area is 146 Å². The Hall–Kier alpha value is -2.21. The molecule has 5 nitrogen and oxygen atoms in total. The van der Waals surface area contributed by atoms with Crippen molar-refractivity contribution in [3.63, 3.8) is 0 Å². The van der Waals surface area contributed by atoms with Gasteiger partial charge in [-0.05, 0) is 35.7 Å². The van der Waals surface area contributed by atoms with Crippen molar-refractivity contribution in [1.29, 1.82) is 0 Å². The molecule has 1 amide bonds. The van der Waals surface area contributed by atoms with Gasteiger partial charge in [0.2, 0.25) is 0 Å². The minimum Gasteiger partial charge on any atom is -0.388 e. The molecule has 2 saturated heterocycles. The molecule has 0 saturated carbocycles. The highest BCUT2D eigenvalue weighted by molar-refractivity contribution is 5.95. The van der Waals surface area contributed by atoms with Gasteiger partial charge in [0.25, 0.3) is 5.91 Å². The summed E-state index contributed by atoms with van der Waals surface area (Å²) in [6.07, 6.45) is -1.24. The zero-order valence-electron chi connectivity index (χ0n) is 14.0. The van der Waals surface area contributed by atoms with E-state index in [0.717, 1.165) is 11.1 Å². The molecule has 25 heavy (non-hydrogen) atoms. The lowest BCUT2D eigenvalue weighted by molar-refractivity contribution is 0.0178. The van der Waals surface area contributed by atoms with Crippen molar-refractivity contribution in [1.82, 2.24) is 5.32 Å². The van der Waals surface area contributed by atoms with E-state index in [4.69, 9.17) is 9.47 Å². The van der Waals surface area contributed by atoms with E-state index in [-0.39, 0.29) is 30.8 Å². The first-order valence-corrected chi connectivity index (χ1v) is 8.51. The van der Waals surface area contributed by atoms with E-state index >= 15 is 0 Å². The van der Waals surface area contributed by atoms with Crippen LogP contribution in [0.5, 0.6) is 0 Å². The molecular weight excluding hydrogens is 318 g/mol. The zero-order chi connectivity index (χ0) is 17.4. The molecule has 0 unspecified atom stereocenters. The summed E-state index contributed by atoms with van der Waals surface area (Å²) in [5.41, 5.74) is 3.89. The van der Waals surface area contributed by atoms with Crippen LogP contribution in [0.2, 0.25) is 0 Å². The molecule has 0 aromatic heterocycles. The maximum Gasteiger partial charge on any atom is 0.251 e. The van der Waals surface area contributed by atoms with Crippen LogP contribution in [0.4, 0.5) is 0 Å². The van der Waals surface area contributed by atoms with Crippen LogP contribution in [0.25, 0.3) is 11.1 Å². The maximum absolute atomic E-state index is 12.7. The van der Waals surface area contributed by atoms with Crippen molar-refractivity contribution in [3.05, 3.63) is 59.7 Å². The van der Waals surface area contributed by atoms with E-state index in [9.17, 15) is 9.90 Å². The third kappa shape index (κ3) is 3.06. The first-order chi connectivity index (χ1) is 12.1. The van der Waals surface area contributed by atoms with E-state index in [0.29, 0.717) is 12.2 Å². The summed E-state index contributed by atoms with van der Waals surface area (Å²) in [6.45, 7) is 2.67. The van der Waals surface area contributed by atoms with Gasteiger partial charge in [-0.15, -0.1) is 0 Å². The van der Waals surface area contributed by atoms with Crippen LogP contribution in [0.15, 0.2) is 48.5 Å². The number of nitrogens with one attached hydrogen (secondary N) is 1. The zero-order valence-corrected chi connectivity index (χ0v) is 14.0. The Balaban J connectivity index is 1.52. The van der Waals surface area contributed by atoms with Crippen LogP contribution in [-0.2, 0) is 9.47 Å². The molecule has 0 aliphatic carbocycles. The van der Waals surface area contributed by atoms with Gasteiger partial charge in [0, 0.05) is 5.56 Å². The molecule has 2 fully saturated rings. The first kappa shape index (κ1) is 16.3. The van der Waals surface area contributed by atoms with E-state index in [1.165, 1.54) is 5.56 Å². The number of aliphatic hydroxyl groups excluding tert-OH is 1. The number of benzene rings is 2. The maximum atomic E-state index is 12.7. The largest absolute Gasteiger partial charge is 0.388 e. The van der Waals surface area contributed by atoms with Gasteiger partial charge >= 0.3 is 0 Å². The van der Waals surface area contributed by atoms with Crippen molar-refractivity contribution in [3.8, 4) is 11.1 Å². The highest BCUT2D eigenvalue weighted by atomic mass is 16.6. The smallest absolute Gasteiger partial charge is 0.251 e. The minimum absolute atomic E-state index is 0.158. The summed E-state index contributed by atoms with van der Waals surface area (Å²) < 4.78 is 11.1. The monoisotopic (exact) mass is 339 g/mol. The topological polar surface area (TPSA) is 67.8 Å². The van der Waals surface area contributed by atoms with E-state index in [1.807, 2.05) is 30.3 Å². The molecule has 2 heterocycles. The quantitative estimate of drug-likeness (QED) is 0.896. The summed E-state index contributed by atoms with van der Waals surface area (Å²) in [7, 11) is 0. The van der Waals surface area contributed by atoms with Gasteiger partial charge in [-0.25, -0.2) is 0 Å². The number of hydrogen-bond donors (Lipinski definition) is 2. The highest BCUT2D eigenvalue weighted by Crippen LogP contribution is 2.28. The summed E-state index contributed by atoms with van der Waals surface area (Å²) in [6, 6.07) is 15.5. The molecule has 130 valence electrons. The molecule has 4 rings (SSSR count). The third-order valence-corrected chi connectivity index (χ3v) is 4.92. The van der Waals surface area contributed by atoms with E-state index in [2.05, 4.69) is 24.4 Å². The fraction of sp³-hybridized carbons (Fsp3) is 0.350. The molecule has 2 aliphatic heterocycles. The average molecular weight is 339 g/mol. The second-order valence-corrected chi connectivity index (χ2v) is 6.64. The van der Waals surface area contributed by atoms with E-state index in [1.54, 1.807) is 6.07 Å². The Morgan fingerprint density at radius 2 is 1.88 bits per heavy atom. The molecule has 2 aliphatic rings. The predicted molar refractivity (Wildman–Crippen MR) is 93.4 cm³/mol. The van der Waals surface area contributed by atoms with Crippen LogP contribution >= 0.6 is 0 Å². The normalized spacial score (nSPS) is 27.9. The predicted octanol–water partition coefficient (Wildman–Crippen LogP) is 1.92. The second kappa shape index (κ2) is 6.59. The van der Waals surface area contributed by atoms with Crippen LogP contribution < -0.4 is 5.32 Å². The van der Waals surface area contributed by atoms with Gasteiger partial charge in [0.05, 0.1) is 19.3 Å². The van der Waals surface area contributed by atoms with Gasteiger partial charge in [-0.1, -0.05) is 36.4 Å². The standard InChI is InChI=1S/C20H21NO4/c1-12-5-2-3-8-15(12)13-6-4-7-14(9-13)20(23)21-16-10-24-19-17(22)11-25-18(16)19/h2-9,16-19,22H,10-11H2,1H3,(H,21,23)/t16-,17-,18-,19-/m1/s1. The molecular formula is C20H21NO4. The molecule has 2 aromatic carbocycles. The van der Waals surface area contributed by atoms with Crippen LogP contribution in [0.3, 0.4) is 0 Å². The Morgan fingerprint density at radius 3 is 2.72 bits per heavy atom. The molecule has 0 radical (unpaired) electrons. The van der Waals surface area contributed by atoms with Crippen molar-refractivity contribution >= 4 is 5.91 Å². The molecule has 2 aromatic rings. The molecule has 0 spiro atoms. The molecule has 4 atom stereocenters. The Morgan fingerprint density at radius 1 is 1.08 bits per heavy atom. The van der Waals surface area contributed by atoms with Crippen molar-refractivity contribution in [2.24, 2.45) is 0 Å². The minimum atomic E-state index is -0.615. The van der Waals surface area contributed by atoms with E-state index < -0.39 is 6.10 Å². The SMILES string of the molecule is Cc1ccccc1-c1cccc(C(=O)N[C@@H]2CO[C@H]3[C@@H]2OC[C@H]3O)c1. The van der Waals surface area contributed by atoms with Gasteiger partial charge < -0.3 is 19.9 Å². The molecule has 2 N–H and O–H groups in total. The van der Waals surface area contributed by atoms with Gasteiger partial charge in [-0.3, -0.25) is 4.79 Å². The summed E-state index contributed by atoms with van der Waals surface area (Å²) in [5.74, 6) is -0.158. The van der Waals surface area contributed by atoms with Crippen molar-refractivity contribution in [2.75, 3.05) is 13.2 Å². The van der Waals surface area contributed by atoms with Crippen LogP contribution in [0.1, 0.15) is 15.9 Å². The van der Waals surface area contributed by atoms with Crippen LogP contribution in [0, 0.1) is 6.92 Å². The molecule has 5 heteroatoms. The van der Waals surface area contributed by atoms with Crippen molar-refractivity contribution in [2.45, 2.75) is 31.3 Å². The summed E-state index contributed by atoms with van der Waals surface area (Å²) in [5, 5.41) is 12.8. The lowest BCUT2D eigenvalue weighted by Crippen LogP contribution is -2.44. The number of aliphatic hydroxyl groups is 1. The number of hydrogen-bond acceptors (Lipinski definition) is 4. The molecule has 0 bridgehead atoms. The van der Waals surface area contributed by atoms with Crippen molar-refractivity contribution < 1.29 is 19.4 Å². The Bertz CT molecular complexity index is 791. The first-order valence-electron chi connectivity index (χ1n) is 8.51. The number of rotatable bonds is 3. The fourth-order valence-corrected chi connectivity index (χ4v) is 3.58. The highest BCUT2D eigenvalue weighted by Gasteiger charge is 2.47. The number of aryl methyl sites for hydroxylation is 1. The average Bonchev–Trinajstić information content (AvgIpc) is 3.19. The van der Waals surface area contributed by atoms with Gasteiger partial charge in [-0.2, -0.15) is 0 Å². The lowest BCUT2D eigenvalue weighted by Gasteiger charge is -2.17. The third-order valence-electron chi connectivity index (χ3n) is 4.92. The number of carbonyl (C=O) groups is 1. The number of fused-ring (bicyclic) bond motifs is 1. The fourth-order valence-electron chi connectivity index (χ4n) is 3.58. The number of amides is 1. The summed E-state index contributed by atoms with van der Waals surface area (Å²) >= 11 is 0. The van der Waals surface area contributed by atoms with Gasteiger partial charge in [0.1, 0.15) is 18.3 Å².